The van der Waals surface area contributed by atoms with Gasteiger partial charge in [-0.2, -0.15) is 0 Å². The lowest BCUT2D eigenvalue weighted by atomic mass is 10.2. The first kappa shape index (κ1) is 14.1. The van der Waals surface area contributed by atoms with E-state index in [2.05, 4.69) is 10.3 Å². The van der Waals surface area contributed by atoms with E-state index in [1.165, 1.54) is 22.7 Å². The van der Waals surface area contributed by atoms with Crippen molar-refractivity contribution in [3.05, 3.63) is 43.7 Å². The van der Waals surface area contributed by atoms with Crippen LogP contribution in [0, 0.1) is 0 Å². The highest BCUT2D eigenvalue weighted by molar-refractivity contribution is 7.22. The Morgan fingerprint density at radius 2 is 2.05 bits per heavy atom. The second-order valence-corrected chi connectivity index (χ2v) is 6.97. The number of benzene rings is 1. The van der Waals surface area contributed by atoms with Gasteiger partial charge < -0.3 is 0 Å². The van der Waals surface area contributed by atoms with Crippen LogP contribution in [0.1, 0.15) is 9.67 Å². The normalized spacial score (nSPS) is 10.9. The molecule has 0 aliphatic rings. The van der Waals surface area contributed by atoms with Crippen LogP contribution in [-0.2, 0) is 0 Å². The number of thiazole rings is 1. The van der Waals surface area contributed by atoms with E-state index in [-0.39, 0.29) is 5.91 Å². The molecular formula is C12H5Cl3N2OS2. The molecule has 2 aromatic heterocycles. The number of halogens is 3. The lowest BCUT2D eigenvalue weighted by Gasteiger charge is -1.99. The van der Waals surface area contributed by atoms with E-state index in [0.717, 1.165) is 4.70 Å². The zero-order chi connectivity index (χ0) is 14.3. The van der Waals surface area contributed by atoms with Crippen LogP contribution in [0.25, 0.3) is 10.1 Å². The first-order valence-electron chi connectivity index (χ1n) is 5.34. The highest BCUT2D eigenvalue weighted by Gasteiger charge is 2.20. The molecule has 3 nitrogen and oxygen atoms in total. The van der Waals surface area contributed by atoms with Gasteiger partial charge >= 0.3 is 0 Å². The van der Waals surface area contributed by atoms with Crippen molar-refractivity contribution >= 4 is 78.6 Å². The average molecular weight is 364 g/mol. The van der Waals surface area contributed by atoms with Gasteiger partial charge in [-0.3, -0.25) is 10.1 Å². The number of hydrogen-bond acceptors (Lipinski definition) is 4. The molecule has 20 heavy (non-hydrogen) atoms. The lowest BCUT2D eigenvalue weighted by Crippen LogP contribution is -2.10. The van der Waals surface area contributed by atoms with Gasteiger partial charge in [-0.15, -0.1) is 22.7 Å². The highest BCUT2D eigenvalue weighted by Crippen LogP contribution is 2.41. The summed E-state index contributed by atoms with van der Waals surface area (Å²) in [5.74, 6) is -0.307. The Morgan fingerprint density at radius 1 is 1.25 bits per heavy atom. The predicted molar refractivity (Wildman–Crippen MR) is 86.9 cm³/mol. The Hall–Kier alpha value is -0.850. The summed E-state index contributed by atoms with van der Waals surface area (Å²) in [5, 5.41) is 6.91. The number of carbonyl (C=O) groups excluding carboxylic acids is 1. The standard InChI is InChI=1S/C12H5Cl3N2OS2/c13-5-3-6(14)8-7(4-5)20-10(9(8)15)11(18)17-12-16-1-2-19-12/h1-4H,(H,16,17,18). The summed E-state index contributed by atoms with van der Waals surface area (Å²) in [7, 11) is 0. The topological polar surface area (TPSA) is 42.0 Å². The number of aromatic nitrogens is 1. The largest absolute Gasteiger partial charge is 0.297 e. The van der Waals surface area contributed by atoms with Crippen LogP contribution in [0.3, 0.4) is 0 Å². The maximum absolute atomic E-state index is 12.2. The van der Waals surface area contributed by atoms with E-state index in [4.69, 9.17) is 34.8 Å². The molecule has 0 aliphatic heterocycles. The fraction of sp³-hybridized carbons (Fsp3) is 0. The minimum Gasteiger partial charge on any atom is -0.297 e. The summed E-state index contributed by atoms with van der Waals surface area (Å²) in [4.78, 5) is 16.6. The molecule has 1 N–H and O–H groups in total. The SMILES string of the molecule is O=C(Nc1nccs1)c1sc2cc(Cl)cc(Cl)c2c1Cl. The Labute approximate surface area is 137 Å². The maximum atomic E-state index is 12.2. The molecule has 102 valence electrons. The van der Waals surface area contributed by atoms with Crippen LogP contribution < -0.4 is 5.32 Å². The molecule has 0 bridgehead atoms. The van der Waals surface area contributed by atoms with E-state index in [0.29, 0.717) is 30.5 Å². The Morgan fingerprint density at radius 3 is 2.75 bits per heavy atom. The molecule has 0 saturated carbocycles. The second kappa shape index (κ2) is 5.50. The second-order valence-electron chi connectivity index (χ2n) is 3.80. The van der Waals surface area contributed by atoms with Crippen LogP contribution in [0.2, 0.25) is 15.1 Å². The molecule has 3 rings (SSSR count). The van der Waals surface area contributed by atoms with Crippen molar-refractivity contribution in [2.24, 2.45) is 0 Å². The Kier molecular flexibility index (Phi) is 3.88. The number of nitrogens with zero attached hydrogens (tertiary/aromatic N) is 1. The van der Waals surface area contributed by atoms with Crippen LogP contribution in [0.15, 0.2) is 23.7 Å². The third-order valence-electron chi connectivity index (χ3n) is 2.51. The molecule has 0 fully saturated rings. The van der Waals surface area contributed by atoms with Crippen LogP contribution in [0.5, 0.6) is 0 Å². The Bertz CT molecular complexity index is 799. The number of thiophene rings is 1. The van der Waals surface area contributed by atoms with Gasteiger partial charge in [0.15, 0.2) is 5.13 Å². The third-order valence-corrected chi connectivity index (χ3v) is 5.34. The molecule has 0 saturated heterocycles. The van der Waals surface area contributed by atoms with Gasteiger partial charge in [0, 0.05) is 26.7 Å². The van der Waals surface area contributed by atoms with Crippen molar-refractivity contribution in [3.8, 4) is 0 Å². The van der Waals surface area contributed by atoms with Gasteiger partial charge in [0.05, 0.1) is 10.0 Å². The number of nitrogens with one attached hydrogen (secondary N) is 1. The predicted octanol–water partition coefficient (Wildman–Crippen LogP) is 5.57. The van der Waals surface area contributed by atoms with E-state index in [9.17, 15) is 4.79 Å². The van der Waals surface area contributed by atoms with E-state index >= 15 is 0 Å². The monoisotopic (exact) mass is 362 g/mol. The van der Waals surface area contributed by atoms with Crippen LogP contribution in [0.4, 0.5) is 5.13 Å². The molecule has 0 unspecified atom stereocenters. The molecule has 1 amide bonds. The van der Waals surface area contributed by atoms with Gasteiger partial charge in [0.1, 0.15) is 4.88 Å². The maximum Gasteiger partial charge on any atom is 0.269 e. The summed E-state index contributed by atoms with van der Waals surface area (Å²) in [6.07, 6.45) is 1.61. The van der Waals surface area contributed by atoms with Crippen molar-refractivity contribution in [1.29, 1.82) is 0 Å². The summed E-state index contributed by atoms with van der Waals surface area (Å²) in [5.41, 5.74) is 0. The Balaban J connectivity index is 2.06. The molecule has 0 radical (unpaired) electrons. The van der Waals surface area contributed by atoms with Crippen molar-refractivity contribution < 1.29 is 4.79 Å². The number of carbonyl (C=O) groups is 1. The summed E-state index contributed by atoms with van der Waals surface area (Å²) in [6.45, 7) is 0. The minimum absolute atomic E-state index is 0.307. The summed E-state index contributed by atoms with van der Waals surface area (Å²) < 4.78 is 0.775. The summed E-state index contributed by atoms with van der Waals surface area (Å²) in [6, 6.07) is 3.34. The number of fused-ring (bicyclic) bond motifs is 1. The average Bonchev–Trinajstić information content (AvgIpc) is 2.97. The molecule has 0 aliphatic carbocycles. The van der Waals surface area contributed by atoms with Crippen molar-refractivity contribution in [1.82, 2.24) is 4.98 Å². The fourth-order valence-corrected chi connectivity index (χ4v) is 4.49. The van der Waals surface area contributed by atoms with Crippen LogP contribution in [-0.4, -0.2) is 10.9 Å². The van der Waals surface area contributed by atoms with Gasteiger partial charge in [-0.05, 0) is 12.1 Å². The molecular weight excluding hydrogens is 359 g/mol. The third kappa shape index (κ3) is 2.52. The van der Waals surface area contributed by atoms with Crippen molar-refractivity contribution in [3.63, 3.8) is 0 Å². The first-order chi connectivity index (χ1) is 9.56. The zero-order valence-electron chi connectivity index (χ0n) is 9.62. The highest BCUT2D eigenvalue weighted by atomic mass is 35.5. The molecule has 0 spiro atoms. The summed E-state index contributed by atoms with van der Waals surface area (Å²) >= 11 is 20.9. The van der Waals surface area contributed by atoms with Gasteiger partial charge in [-0.25, -0.2) is 4.98 Å². The van der Waals surface area contributed by atoms with E-state index in [1.807, 2.05) is 0 Å². The molecule has 2 heterocycles. The van der Waals surface area contributed by atoms with Crippen molar-refractivity contribution in [2.45, 2.75) is 0 Å². The smallest absolute Gasteiger partial charge is 0.269 e. The first-order valence-corrected chi connectivity index (χ1v) is 8.17. The molecule has 1 aromatic carbocycles. The van der Waals surface area contributed by atoms with E-state index < -0.39 is 0 Å². The van der Waals surface area contributed by atoms with E-state index in [1.54, 1.807) is 23.7 Å². The number of anilines is 1. The van der Waals surface area contributed by atoms with Gasteiger partial charge in [-0.1, -0.05) is 34.8 Å². The zero-order valence-corrected chi connectivity index (χ0v) is 13.5. The van der Waals surface area contributed by atoms with Gasteiger partial charge in [0.2, 0.25) is 0 Å². The molecule has 0 atom stereocenters. The molecule has 8 heteroatoms. The quantitative estimate of drug-likeness (QED) is 0.646. The number of rotatable bonds is 2. The minimum atomic E-state index is -0.307. The fourth-order valence-electron chi connectivity index (χ4n) is 1.70. The van der Waals surface area contributed by atoms with Crippen LogP contribution >= 0.6 is 57.5 Å². The number of amides is 1. The lowest BCUT2D eigenvalue weighted by molar-refractivity contribution is 0.103. The molecule has 3 aromatic rings. The van der Waals surface area contributed by atoms with Gasteiger partial charge in [0.25, 0.3) is 5.91 Å². The van der Waals surface area contributed by atoms with Crippen molar-refractivity contribution in [2.75, 3.05) is 5.32 Å². The number of hydrogen-bond donors (Lipinski definition) is 1.